The summed E-state index contributed by atoms with van der Waals surface area (Å²) < 4.78 is 1.46. The summed E-state index contributed by atoms with van der Waals surface area (Å²) in [6.45, 7) is 5.64. The van der Waals surface area contributed by atoms with E-state index in [-0.39, 0.29) is 17.4 Å². The van der Waals surface area contributed by atoms with Gasteiger partial charge in [0.1, 0.15) is 6.04 Å². The van der Waals surface area contributed by atoms with Crippen molar-refractivity contribution in [3.8, 4) is 6.07 Å². The van der Waals surface area contributed by atoms with E-state index >= 15 is 0 Å². The van der Waals surface area contributed by atoms with Crippen molar-refractivity contribution in [3.63, 3.8) is 0 Å². The average Bonchev–Trinajstić information content (AvgIpc) is 2.50. The quantitative estimate of drug-likeness (QED) is 0.943. The van der Waals surface area contributed by atoms with Crippen molar-refractivity contribution in [2.75, 3.05) is 5.32 Å². The predicted octanol–water partition coefficient (Wildman–Crippen LogP) is 2.86. The van der Waals surface area contributed by atoms with E-state index in [0.717, 1.165) is 5.56 Å². The monoisotopic (exact) mass is 309 g/mol. The van der Waals surface area contributed by atoms with Crippen LogP contribution in [0.4, 0.5) is 5.69 Å². The number of nitriles is 1. The van der Waals surface area contributed by atoms with Gasteiger partial charge in [0.15, 0.2) is 0 Å². The van der Waals surface area contributed by atoms with Gasteiger partial charge in [-0.15, -0.1) is 0 Å². The Hall–Kier alpha value is -2.87. The zero-order valence-corrected chi connectivity index (χ0v) is 13.4. The van der Waals surface area contributed by atoms with Gasteiger partial charge in [-0.1, -0.05) is 13.8 Å². The number of carbonyl (C=O) groups excluding carboxylic acids is 1. The zero-order valence-electron chi connectivity index (χ0n) is 13.4. The fourth-order valence-corrected chi connectivity index (χ4v) is 2.41. The summed E-state index contributed by atoms with van der Waals surface area (Å²) in [6, 6.07) is 11.4. The molecule has 0 aliphatic carbocycles. The molecule has 23 heavy (non-hydrogen) atoms. The lowest BCUT2D eigenvalue weighted by Gasteiger charge is -2.23. The Morgan fingerprint density at radius 3 is 2.39 bits per heavy atom. The van der Waals surface area contributed by atoms with Crippen LogP contribution in [0.1, 0.15) is 31.0 Å². The number of carbonyl (C=O) groups is 1. The molecular formula is C18H19N3O2. The third-order valence-corrected chi connectivity index (χ3v) is 3.58. The van der Waals surface area contributed by atoms with Crippen molar-refractivity contribution in [2.24, 2.45) is 5.92 Å². The number of rotatable bonds is 4. The summed E-state index contributed by atoms with van der Waals surface area (Å²) in [4.78, 5) is 24.8. The Kier molecular flexibility index (Phi) is 4.97. The number of pyridine rings is 1. The van der Waals surface area contributed by atoms with Crippen LogP contribution in [0.5, 0.6) is 0 Å². The molecule has 1 aromatic carbocycles. The Balaban J connectivity index is 2.28. The molecule has 1 aromatic heterocycles. The first-order valence-electron chi connectivity index (χ1n) is 7.42. The maximum Gasteiger partial charge on any atom is 0.251 e. The first kappa shape index (κ1) is 16.5. The van der Waals surface area contributed by atoms with Crippen LogP contribution in [0.3, 0.4) is 0 Å². The van der Waals surface area contributed by atoms with Crippen molar-refractivity contribution in [1.82, 2.24) is 4.57 Å². The molecule has 5 nitrogen and oxygen atoms in total. The van der Waals surface area contributed by atoms with Crippen LogP contribution in [0, 0.1) is 24.2 Å². The Morgan fingerprint density at radius 2 is 1.87 bits per heavy atom. The van der Waals surface area contributed by atoms with Gasteiger partial charge in [0.2, 0.25) is 5.91 Å². The van der Waals surface area contributed by atoms with Crippen LogP contribution >= 0.6 is 0 Å². The molecular weight excluding hydrogens is 290 g/mol. The van der Waals surface area contributed by atoms with Crippen LogP contribution in [0.25, 0.3) is 0 Å². The van der Waals surface area contributed by atoms with E-state index in [2.05, 4.69) is 5.32 Å². The first-order valence-corrected chi connectivity index (χ1v) is 7.42. The van der Waals surface area contributed by atoms with Crippen molar-refractivity contribution in [1.29, 1.82) is 5.26 Å². The van der Waals surface area contributed by atoms with Gasteiger partial charge < -0.3 is 9.88 Å². The molecule has 0 fully saturated rings. The van der Waals surface area contributed by atoms with E-state index in [1.165, 1.54) is 10.6 Å². The molecule has 0 aliphatic heterocycles. The topological polar surface area (TPSA) is 74.9 Å². The highest BCUT2D eigenvalue weighted by Gasteiger charge is 2.24. The zero-order chi connectivity index (χ0) is 17.0. The van der Waals surface area contributed by atoms with Gasteiger partial charge in [0.05, 0.1) is 11.6 Å². The van der Waals surface area contributed by atoms with E-state index in [9.17, 15) is 9.59 Å². The van der Waals surface area contributed by atoms with E-state index in [1.807, 2.05) is 32.9 Å². The maximum absolute atomic E-state index is 12.6. The second-order valence-electron chi connectivity index (χ2n) is 5.82. The normalized spacial score (nSPS) is 11.8. The Labute approximate surface area is 135 Å². The van der Waals surface area contributed by atoms with Crippen molar-refractivity contribution in [3.05, 3.63) is 64.1 Å². The summed E-state index contributed by atoms with van der Waals surface area (Å²) in [5.74, 6) is -0.301. The number of aryl methyl sites for hydroxylation is 1. The standard InChI is InChI=1S/C18H19N3O2/c1-12(2)17(21-9-8-13(3)10-16(21)22)18(23)20-15-6-4-14(11-19)5-7-15/h4-10,12,17H,1-3H3,(H,20,23). The highest BCUT2D eigenvalue weighted by molar-refractivity contribution is 5.93. The van der Waals surface area contributed by atoms with E-state index in [4.69, 9.17) is 5.26 Å². The van der Waals surface area contributed by atoms with Gasteiger partial charge in [-0.05, 0) is 48.7 Å². The van der Waals surface area contributed by atoms with E-state index in [0.29, 0.717) is 11.3 Å². The molecule has 0 spiro atoms. The summed E-state index contributed by atoms with van der Waals surface area (Å²) in [6.07, 6.45) is 1.65. The van der Waals surface area contributed by atoms with Gasteiger partial charge in [0, 0.05) is 18.0 Å². The highest BCUT2D eigenvalue weighted by Crippen LogP contribution is 2.19. The smallest absolute Gasteiger partial charge is 0.251 e. The molecule has 2 rings (SSSR count). The molecule has 5 heteroatoms. The molecule has 1 heterocycles. The van der Waals surface area contributed by atoms with Crippen molar-refractivity contribution in [2.45, 2.75) is 26.8 Å². The summed E-state index contributed by atoms with van der Waals surface area (Å²) in [5.41, 5.74) is 1.79. The fourth-order valence-electron chi connectivity index (χ4n) is 2.41. The molecule has 118 valence electrons. The number of hydrogen-bond acceptors (Lipinski definition) is 3. The summed E-state index contributed by atoms with van der Waals surface area (Å²) in [7, 11) is 0. The second-order valence-corrected chi connectivity index (χ2v) is 5.82. The molecule has 0 bridgehead atoms. The SMILES string of the molecule is Cc1ccn(C(C(=O)Nc2ccc(C#N)cc2)C(C)C)c(=O)c1. The number of nitrogens with one attached hydrogen (secondary N) is 1. The molecule has 0 saturated carbocycles. The Bertz CT molecular complexity index is 798. The molecule has 1 atom stereocenters. The molecule has 0 aliphatic rings. The largest absolute Gasteiger partial charge is 0.324 e. The molecule has 0 saturated heterocycles. The molecule has 2 aromatic rings. The van der Waals surface area contributed by atoms with Crippen LogP contribution < -0.4 is 10.9 Å². The van der Waals surface area contributed by atoms with Gasteiger partial charge in [-0.25, -0.2) is 0 Å². The van der Waals surface area contributed by atoms with Gasteiger partial charge in [-0.3, -0.25) is 9.59 Å². The third kappa shape index (κ3) is 3.86. The van der Waals surface area contributed by atoms with Gasteiger partial charge >= 0.3 is 0 Å². The number of hydrogen-bond donors (Lipinski definition) is 1. The number of nitrogens with zero attached hydrogens (tertiary/aromatic N) is 2. The highest BCUT2D eigenvalue weighted by atomic mass is 16.2. The van der Waals surface area contributed by atoms with E-state index in [1.54, 1.807) is 30.5 Å². The van der Waals surface area contributed by atoms with Crippen LogP contribution in [0.15, 0.2) is 47.4 Å². The molecule has 1 N–H and O–H groups in total. The van der Waals surface area contributed by atoms with Crippen LogP contribution in [-0.2, 0) is 4.79 Å². The average molecular weight is 309 g/mol. The molecule has 1 amide bonds. The van der Waals surface area contributed by atoms with Gasteiger partial charge in [-0.2, -0.15) is 5.26 Å². The minimum absolute atomic E-state index is 0.0474. The van der Waals surface area contributed by atoms with E-state index < -0.39 is 6.04 Å². The van der Waals surface area contributed by atoms with Crippen LogP contribution in [0.2, 0.25) is 0 Å². The second kappa shape index (κ2) is 6.93. The number of amides is 1. The number of benzene rings is 1. The number of aromatic nitrogens is 1. The van der Waals surface area contributed by atoms with Crippen molar-refractivity contribution < 1.29 is 4.79 Å². The summed E-state index contributed by atoms with van der Waals surface area (Å²) >= 11 is 0. The van der Waals surface area contributed by atoms with Crippen LogP contribution in [-0.4, -0.2) is 10.5 Å². The molecule has 0 radical (unpaired) electrons. The Morgan fingerprint density at radius 1 is 1.22 bits per heavy atom. The predicted molar refractivity (Wildman–Crippen MR) is 89.1 cm³/mol. The number of anilines is 1. The maximum atomic E-state index is 12.6. The van der Waals surface area contributed by atoms with Gasteiger partial charge in [0.25, 0.3) is 5.56 Å². The molecule has 1 unspecified atom stereocenters. The minimum Gasteiger partial charge on any atom is -0.324 e. The lowest BCUT2D eigenvalue weighted by atomic mass is 10.0. The van der Waals surface area contributed by atoms with Crippen molar-refractivity contribution >= 4 is 11.6 Å². The summed E-state index contributed by atoms with van der Waals surface area (Å²) in [5, 5.41) is 11.6. The lowest BCUT2D eigenvalue weighted by molar-refractivity contribution is -0.120. The minimum atomic E-state index is -0.598. The fraction of sp³-hybridized carbons (Fsp3) is 0.278. The first-order chi connectivity index (χ1) is 10.9. The third-order valence-electron chi connectivity index (χ3n) is 3.58. The lowest BCUT2D eigenvalue weighted by Crippen LogP contribution is -2.36.